The fourth-order valence-electron chi connectivity index (χ4n) is 4.30. The molecule has 0 amide bonds. The second kappa shape index (κ2) is 5.78. The van der Waals surface area contributed by atoms with Crippen LogP contribution in [0.3, 0.4) is 0 Å². The molecule has 0 radical (unpaired) electrons. The lowest BCUT2D eigenvalue weighted by Crippen LogP contribution is -2.41. The van der Waals surface area contributed by atoms with E-state index in [1.807, 2.05) is 0 Å². The highest BCUT2D eigenvalue weighted by Crippen LogP contribution is 2.47. The highest BCUT2D eigenvalue weighted by atomic mass is 16.5. The molecular weight excluding hydrogens is 310 g/mol. The van der Waals surface area contributed by atoms with Gasteiger partial charge in [0.2, 0.25) is 0 Å². The van der Waals surface area contributed by atoms with Crippen molar-refractivity contribution in [3.8, 4) is 11.5 Å². The van der Waals surface area contributed by atoms with E-state index in [1.54, 1.807) is 7.11 Å². The molecule has 0 aromatic heterocycles. The number of rotatable bonds is 2. The van der Waals surface area contributed by atoms with E-state index in [9.17, 15) is 0 Å². The lowest BCUT2D eigenvalue weighted by molar-refractivity contribution is 0.0176. The molecule has 2 atom stereocenters. The van der Waals surface area contributed by atoms with Crippen LogP contribution in [0.5, 0.6) is 11.5 Å². The third-order valence-corrected chi connectivity index (χ3v) is 5.47. The molecule has 3 aromatic rings. The Bertz CT molecular complexity index is 919. The van der Waals surface area contributed by atoms with E-state index in [0.29, 0.717) is 0 Å². The number of benzene rings is 3. The Balaban J connectivity index is 1.73. The molecule has 2 heterocycles. The summed E-state index contributed by atoms with van der Waals surface area (Å²) in [6, 6.07) is 21.6. The van der Waals surface area contributed by atoms with Crippen molar-refractivity contribution < 1.29 is 9.47 Å². The van der Waals surface area contributed by atoms with Crippen LogP contribution in [0.4, 0.5) is 0 Å². The second-order valence-electron chi connectivity index (χ2n) is 6.83. The van der Waals surface area contributed by atoms with Gasteiger partial charge in [0, 0.05) is 12.1 Å². The number of ether oxygens (including phenoxy) is 2. The van der Waals surface area contributed by atoms with Crippen molar-refractivity contribution in [2.24, 2.45) is 0 Å². The van der Waals surface area contributed by atoms with Crippen LogP contribution in [-0.4, -0.2) is 24.8 Å². The topological polar surface area (TPSA) is 21.7 Å². The summed E-state index contributed by atoms with van der Waals surface area (Å²) in [5.41, 5.74) is 2.59. The van der Waals surface area contributed by atoms with E-state index in [0.717, 1.165) is 24.5 Å². The van der Waals surface area contributed by atoms with Gasteiger partial charge >= 0.3 is 0 Å². The van der Waals surface area contributed by atoms with Gasteiger partial charge in [-0.1, -0.05) is 42.5 Å². The molecule has 2 aliphatic heterocycles. The average Bonchev–Trinajstić information content (AvgIpc) is 3.14. The standard InChI is InChI=1S/C22H21NO2/c1-24-17-11-8-16(9-12-17)22-21-18-6-3-2-5-15(18)10-13-19(21)25-20-7-4-14-23(20)22/h2-3,5-6,8-13,20,22H,4,7,14H2,1H3/t20-,22+/m0/s1. The van der Waals surface area contributed by atoms with Crippen molar-refractivity contribution in [3.63, 3.8) is 0 Å². The molecule has 126 valence electrons. The normalized spacial score (nSPS) is 22.3. The Labute approximate surface area is 147 Å². The minimum Gasteiger partial charge on any atom is -0.497 e. The Kier molecular flexibility index (Phi) is 3.42. The SMILES string of the molecule is COc1ccc([C@@H]2c3c(ccc4ccccc34)O[C@H]3CCCN23)cc1. The van der Waals surface area contributed by atoms with Gasteiger partial charge in [-0.15, -0.1) is 0 Å². The van der Waals surface area contributed by atoms with Crippen molar-refractivity contribution in [3.05, 3.63) is 71.8 Å². The summed E-state index contributed by atoms with van der Waals surface area (Å²) in [4.78, 5) is 2.51. The van der Waals surface area contributed by atoms with Crippen LogP contribution in [-0.2, 0) is 0 Å². The maximum Gasteiger partial charge on any atom is 0.153 e. The zero-order chi connectivity index (χ0) is 16.8. The summed E-state index contributed by atoms with van der Waals surface area (Å²) < 4.78 is 11.7. The van der Waals surface area contributed by atoms with Crippen molar-refractivity contribution >= 4 is 10.8 Å². The van der Waals surface area contributed by atoms with E-state index in [1.165, 1.54) is 28.3 Å². The minimum atomic E-state index is 0.181. The molecule has 3 heteroatoms. The maximum absolute atomic E-state index is 6.36. The number of hydrogen-bond acceptors (Lipinski definition) is 3. The molecule has 1 saturated heterocycles. The maximum atomic E-state index is 6.36. The Morgan fingerprint density at radius 1 is 1.00 bits per heavy atom. The van der Waals surface area contributed by atoms with Gasteiger partial charge < -0.3 is 9.47 Å². The number of hydrogen-bond donors (Lipinski definition) is 0. The molecule has 0 bridgehead atoms. The Hall–Kier alpha value is -2.52. The van der Waals surface area contributed by atoms with Crippen molar-refractivity contribution in [2.75, 3.05) is 13.7 Å². The Morgan fingerprint density at radius 2 is 1.84 bits per heavy atom. The van der Waals surface area contributed by atoms with Gasteiger partial charge in [-0.2, -0.15) is 0 Å². The highest BCUT2D eigenvalue weighted by Gasteiger charge is 2.40. The lowest BCUT2D eigenvalue weighted by Gasteiger charge is -2.40. The first-order valence-corrected chi connectivity index (χ1v) is 8.93. The molecule has 0 spiro atoms. The molecule has 2 aliphatic rings. The van der Waals surface area contributed by atoms with Crippen molar-refractivity contribution in [1.82, 2.24) is 4.90 Å². The van der Waals surface area contributed by atoms with E-state index in [4.69, 9.17) is 9.47 Å². The van der Waals surface area contributed by atoms with Gasteiger partial charge in [0.05, 0.1) is 13.2 Å². The lowest BCUT2D eigenvalue weighted by atomic mass is 9.90. The molecular formula is C22H21NO2. The fourth-order valence-corrected chi connectivity index (χ4v) is 4.30. The molecule has 0 N–H and O–H groups in total. The van der Waals surface area contributed by atoms with Gasteiger partial charge in [0.15, 0.2) is 6.23 Å². The van der Waals surface area contributed by atoms with Crippen LogP contribution in [0.15, 0.2) is 60.7 Å². The van der Waals surface area contributed by atoms with Gasteiger partial charge in [0.1, 0.15) is 11.5 Å². The predicted octanol–water partition coefficient (Wildman–Crippen LogP) is 4.75. The Morgan fingerprint density at radius 3 is 2.68 bits per heavy atom. The van der Waals surface area contributed by atoms with Gasteiger partial charge in [-0.05, 0) is 47.4 Å². The van der Waals surface area contributed by atoms with Crippen molar-refractivity contribution in [2.45, 2.75) is 25.1 Å². The largest absolute Gasteiger partial charge is 0.497 e. The molecule has 25 heavy (non-hydrogen) atoms. The van der Waals surface area contributed by atoms with E-state index in [-0.39, 0.29) is 12.3 Å². The third kappa shape index (κ3) is 2.30. The molecule has 0 aliphatic carbocycles. The molecule has 5 rings (SSSR count). The first-order chi connectivity index (χ1) is 12.3. The van der Waals surface area contributed by atoms with Gasteiger partial charge in [-0.25, -0.2) is 0 Å². The summed E-state index contributed by atoms with van der Waals surface area (Å²) in [5.74, 6) is 1.93. The minimum absolute atomic E-state index is 0.181. The molecule has 3 nitrogen and oxygen atoms in total. The van der Waals surface area contributed by atoms with Crippen LogP contribution in [0, 0.1) is 0 Å². The zero-order valence-electron chi connectivity index (χ0n) is 14.3. The summed E-state index contributed by atoms with van der Waals surface area (Å²) in [6.07, 6.45) is 2.46. The van der Waals surface area contributed by atoms with Crippen LogP contribution >= 0.6 is 0 Å². The van der Waals surface area contributed by atoms with E-state index < -0.39 is 0 Å². The monoisotopic (exact) mass is 331 g/mol. The smallest absolute Gasteiger partial charge is 0.153 e. The third-order valence-electron chi connectivity index (χ3n) is 5.47. The van der Waals surface area contributed by atoms with Gasteiger partial charge in [0.25, 0.3) is 0 Å². The summed E-state index contributed by atoms with van der Waals surface area (Å²) in [7, 11) is 1.71. The average molecular weight is 331 g/mol. The summed E-state index contributed by atoms with van der Waals surface area (Å²) in [6.45, 7) is 1.07. The number of methoxy groups -OCH3 is 1. The number of nitrogens with zero attached hydrogens (tertiary/aromatic N) is 1. The highest BCUT2D eigenvalue weighted by molar-refractivity contribution is 5.89. The van der Waals surface area contributed by atoms with Crippen molar-refractivity contribution in [1.29, 1.82) is 0 Å². The summed E-state index contributed by atoms with van der Waals surface area (Å²) >= 11 is 0. The first kappa shape index (κ1) is 14.8. The fraction of sp³-hybridized carbons (Fsp3) is 0.273. The quantitative estimate of drug-likeness (QED) is 0.676. The predicted molar refractivity (Wildman–Crippen MR) is 99.1 cm³/mol. The summed E-state index contributed by atoms with van der Waals surface area (Å²) in [5, 5.41) is 2.55. The molecule has 1 fully saturated rings. The van der Waals surface area contributed by atoms with Crippen LogP contribution in [0.25, 0.3) is 10.8 Å². The van der Waals surface area contributed by atoms with E-state index >= 15 is 0 Å². The van der Waals surface area contributed by atoms with Crippen LogP contribution < -0.4 is 9.47 Å². The van der Waals surface area contributed by atoms with Crippen LogP contribution in [0.1, 0.15) is 30.0 Å². The van der Waals surface area contributed by atoms with Gasteiger partial charge in [-0.3, -0.25) is 4.90 Å². The molecule has 0 saturated carbocycles. The van der Waals surface area contributed by atoms with E-state index in [2.05, 4.69) is 65.6 Å². The van der Waals surface area contributed by atoms with Crippen LogP contribution in [0.2, 0.25) is 0 Å². The second-order valence-corrected chi connectivity index (χ2v) is 6.83. The first-order valence-electron chi connectivity index (χ1n) is 8.93. The molecule has 0 unspecified atom stereocenters. The zero-order valence-corrected chi connectivity index (χ0v) is 14.3. The molecule has 3 aromatic carbocycles. The number of fused-ring (bicyclic) bond motifs is 4.